The highest BCUT2D eigenvalue weighted by Gasteiger charge is 2.03. The van der Waals surface area contributed by atoms with Crippen LogP contribution < -0.4 is 5.32 Å². The van der Waals surface area contributed by atoms with Crippen molar-refractivity contribution in [2.24, 2.45) is 0 Å². The number of Topliss-reactive ketones (excluding diaryl/α,β-unsaturated/α-hetero) is 1. The van der Waals surface area contributed by atoms with Gasteiger partial charge in [-0.1, -0.05) is 0 Å². The Balaban J connectivity index is 2.44. The predicted molar refractivity (Wildman–Crippen MR) is 51.7 cm³/mol. The summed E-state index contributed by atoms with van der Waals surface area (Å²) in [4.78, 5) is 15.4. The van der Waals surface area contributed by atoms with E-state index in [1.54, 1.807) is 31.6 Å². The number of nitrogens with one attached hydrogen (secondary N) is 1. The van der Waals surface area contributed by atoms with Crippen molar-refractivity contribution in [3.05, 3.63) is 30.1 Å². The van der Waals surface area contributed by atoms with E-state index < -0.39 is 0 Å². The maximum atomic E-state index is 11.5. The van der Waals surface area contributed by atoms with Gasteiger partial charge in [0.15, 0.2) is 5.78 Å². The van der Waals surface area contributed by atoms with Crippen LogP contribution in [0.25, 0.3) is 0 Å². The molecule has 70 valence electrons. The first-order valence-corrected chi connectivity index (χ1v) is 4.27. The summed E-state index contributed by atoms with van der Waals surface area (Å²) in [5.74, 6) is 0.0469. The van der Waals surface area contributed by atoms with E-state index in [-0.39, 0.29) is 12.3 Å². The second kappa shape index (κ2) is 5.43. The third-order valence-electron chi connectivity index (χ3n) is 1.70. The summed E-state index contributed by atoms with van der Waals surface area (Å²) in [6, 6.07) is 3.48. The van der Waals surface area contributed by atoms with Crippen molar-refractivity contribution >= 4 is 5.78 Å². The second-order valence-corrected chi connectivity index (χ2v) is 2.70. The summed E-state index contributed by atoms with van der Waals surface area (Å²) < 4.78 is 7.40. The quantitative estimate of drug-likeness (QED) is 0.692. The molecule has 0 aliphatic heterocycles. The van der Waals surface area contributed by atoms with Gasteiger partial charge < -0.3 is 5.32 Å². The van der Waals surface area contributed by atoms with Crippen molar-refractivity contribution in [2.75, 3.05) is 13.6 Å². The van der Waals surface area contributed by atoms with Gasteiger partial charge >= 0.3 is 0 Å². The molecule has 1 N–H and O–H groups in total. The molecule has 3 nitrogen and oxygen atoms in total. The number of nitrogens with zero attached hydrogens (tertiary/aromatic N) is 1. The van der Waals surface area contributed by atoms with E-state index in [0.717, 1.165) is 0 Å². The van der Waals surface area contributed by atoms with Gasteiger partial charge in [-0.25, -0.2) is 0 Å². The summed E-state index contributed by atoms with van der Waals surface area (Å²) in [6.07, 6.45) is 4.11. The SMILES string of the molecule is [2H]C(CCC(=O)c1cccnc1)NC. The van der Waals surface area contributed by atoms with Crippen LogP contribution in [-0.2, 0) is 0 Å². The molecular weight excluding hydrogens is 164 g/mol. The minimum Gasteiger partial charge on any atom is -0.320 e. The molecule has 0 aliphatic carbocycles. The average molecular weight is 179 g/mol. The van der Waals surface area contributed by atoms with Crippen molar-refractivity contribution in [1.29, 1.82) is 0 Å². The molecular formula is C10H14N2O. The molecule has 0 saturated carbocycles. The summed E-state index contributed by atoms with van der Waals surface area (Å²) >= 11 is 0. The lowest BCUT2D eigenvalue weighted by Gasteiger charge is -1.99. The van der Waals surface area contributed by atoms with Gasteiger partial charge in [0.25, 0.3) is 0 Å². The molecule has 0 spiro atoms. The molecule has 1 aromatic heterocycles. The zero-order valence-corrected chi connectivity index (χ0v) is 7.66. The third kappa shape index (κ3) is 3.34. The normalized spacial score (nSPS) is 13.5. The van der Waals surface area contributed by atoms with Crippen molar-refractivity contribution in [3.8, 4) is 0 Å². The van der Waals surface area contributed by atoms with Crippen molar-refractivity contribution in [2.45, 2.75) is 12.8 Å². The summed E-state index contributed by atoms with van der Waals surface area (Å²) in [7, 11) is 1.71. The molecule has 0 bridgehead atoms. The zero-order valence-electron chi connectivity index (χ0n) is 8.66. The van der Waals surface area contributed by atoms with Gasteiger partial charge in [-0.3, -0.25) is 9.78 Å². The Hall–Kier alpha value is -1.22. The Labute approximate surface area is 79.6 Å². The highest BCUT2D eigenvalue weighted by atomic mass is 16.1. The monoisotopic (exact) mass is 179 g/mol. The topological polar surface area (TPSA) is 42.0 Å². The van der Waals surface area contributed by atoms with Crippen LogP contribution in [0.5, 0.6) is 0 Å². The molecule has 0 radical (unpaired) electrons. The minimum absolute atomic E-state index is 0.0469. The first-order chi connectivity index (χ1) is 6.74. The van der Waals surface area contributed by atoms with Crippen LogP contribution in [0.4, 0.5) is 0 Å². The Kier molecular flexibility index (Phi) is 3.50. The number of carbonyl (C=O) groups excluding carboxylic acids is 1. The molecule has 1 atom stereocenters. The number of hydrogen-bond donors (Lipinski definition) is 1. The minimum atomic E-state index is -0.365. The third-order valence-corrected chi connectivity index (χ3v) is 1.70. The Morgan fingerprint density at radius 1 is 1.77 bits per heavy atom. The molecule has 0 aliphatic rings. The van der Waals surface area contributed by atoms with Crippen LogP contribution in [0.3, 0.4) is 0 Å². The van der Waals surface area contributed by atoms with Gasteiger partial charge in [0.1, 0.15) is 0 Å². The van der Waals surface area contributed by atoms with Crippen LogP contribution in [0.15, 0.2) is 24.5 Å². The van der Waals surface area contributed by atoms with Crippen molar-refractivity contribution in [1.82, 2.24) is 10.3 Å². The highest BCUT2D eigenvalue weighted by Crippen LogP contribution is 2.02. The van der Waals surface area contributed by atoms with Gasteiger partial charge in [0.05, 0.1) is 0 Å². The second-order valence-electron chi connectivity index (χ2n) is 2.70. The van der Waals surface area contributed by atoms with Gasteiger partial charge in [0.2, 0.25) is 0 Å². The van der Waals surface area contributed by atoms with Gasteiger partial charge in [-0.05, 0) is 32.1 Å². The van der Waals surface area contributed by atoms with Crippen LogP contribution in [0, 0.1) is 0 Å². The van der Waals surface area contributed by atoms with Crippen LogP contribution in [-0.4, -0.2) is 24.3 Å². The molecule has 1 heterocycles. The first kappa shape index (κ1) is 8.38. The smallest absolute Gasteiger partial charge is 0.164 e. The van der Waals surface area contributed by atoms with Crippen molar-refractivity contribution in [3.63, 3.8) is 0 Å². The fourth-order valence-electron chi connectivity index (χ4n) is 1.02. The Morgan fingerprint density at radius 2 is 2.62 bits per heavy atom. The van der Waals surface area contributed by atoms with E-state index in [1.165, 1.54) is 0 Å². The first-order valence-electron chi connectivity index (χ1n) is 4.84. The Bertz CT molecular complexity index is 289. The number of rotatable bonds is 5. The lowest BCUT2D eigenvalue weighted by Crippen LogP contribution is -2.10. The number of ketones is 1. The molecule has 3 heteroatoms. The van der Waals surface area contributed by atoms with Gasteiger partial charge in [-0.2, -0.15) is 0 Å². The maximum Gasteiger partial charge on any atom is 0.164 e. The molecule has 0 amide bonds. The van der Waals surface area contributed by atoms with E-state index in [2.05, 4.69) is 10.3 Å². The lowest BCUT2D eigenvalue weighted by molar-refractivity contribution is 0.0980. The fourth-order valence-corrected chi connectivity index (χ4v) is 1.02. The van der Waals surface area contributed by atoms with Crippen LogP contribution >= 0.6 is 0 Å². The van der Waals surface area contributed by atoms with E-state index in [1.807, 2.05) is 0 Å². The highest BCUT2D eigenvalue weighted by molar-refractivity contribution is 5.95. The number of hydrogen-bond acceptors (Lipinski definition) is 3. The zero-order chi connectivity index (χ0) is 10.4. The van der Waals surface area contributed by atoms with Crippen LogP contribution in [0.1, 0.15) is 24.6 Å². The molecule has 1 unspecified atom stereocenters. The number of pyridine rings is 1. The van der Waals surface area contributed by atoms with Gasteiger partial charge in [-0.15, -0.1) is 0 Å². The summed E-state index contributed by atoms with van der Waals surface area (Å²) in [5.41, 5.74) is 0.621. The van der Waals surface area contributed by atoms with E-state index in [9.17, 15) is 4.79 Å². The molecule has 1 aromatic rings. The molecule has 0 saturated heterocycles. The predicted octanol–water partition coefficient (Wildman–Crippen LogP) is 1.26. The molecule has 1 rings (SSSR count). The fraction of sp³-hybridized carbons (Fsp3) is 0.400. The largest absolute Gasteiger partial charge is 0.320 e. The Morgan fingerprint density at radius 3 is 3.23 bits per heavy atom. The maximum absolute atomic E-state index is 11.5. The molecule has 0 aromatic carbocycles. The van der Waals surface area contributed by atoms with E-state index in [0.29, 0.717) is 18.4 Å². The number of carbonyl (C=O) groups is 1. The average Bonchev–Trinajstić information content (AvgIpc) is 2.26. The van der Waals surface area contributed by atoms with Crippen LogP contribution in [0.2, 0.25) is 0 Å². The molecule has 13 heavy (non-hydrogen) atoms. The van der Waals surface area contributed by atoms with E-state index >= 15 is 0 Å². The van der Waals surface area contributed by atoms with Gasteiger partial charge in [0, 0.05) is 25.7 Å². The number of aromatic nitrogens is 1. The lowest BCUT2D eigenvalue weighted by atomic mass is 10.1. The van der Waals surface area contributed by atoms with Crippen molar-refractivity contribution < 1.29 is 6.17 Å². The summed E-state index contributed by atoms with van der Waals surface area (Å²) in [5, 5.41) is 2.77. The standard InChI is InChI=1S/C10H14N2O/c1-11-6-3-5-10(13)9-4-2-7-12-8-9/h2,4,7-8,11H,3,5-6H2,1H3/i6D. The molecule has 0 fully saturated rings. The summed E-state index contributed by atoms with van der Waals surface area (Å²) in [6.45, 7) is -0.365. The van der Waals surface area contributed by atoms with E-state index in [4.69, 9.17) is 1.37 Å².